The molecule has 0 aromatic rings. The van der Waals surface area contributed by atoms with Gasteiger partial charge in [-0.05, 0) is 32.1 Å². The lowest BCUT2D eigenvalue weighted by atomic mass is 10.1. The van der Waals surface area contributed by atoms with Gasteiger partial charge in [-0.15, -0.1) is 0 Å². The fourth-order valence-corrected chi connectivity index (χ4v) is 2.14. The minimum Gasteiger partial charge on any atom is -0.381 e. The first-order valence-corrected chi connectivity index (χ1v) is 6.39. The van der Waals surface area contributed by atoms with Crippen LogP contribution in [0.15, 0.2) is 11.6 Å². The van der Waals surface area contributed by atoms with Crippen molar-refractivity contribution in [3.8, 4) is 0 Å². The van der Waals surface area contributed by atoms with Crippen molar-refractivity contribution >= 4 is 5.91 Å². The highest BCUT2D eigenvalue weighted by atomic mass is 16.5. The zero-order valence-electron chi connectivity index (χ0n) is 10.1. The SMILES string of the molecule is CCCN(C(=O)C=C1CCOCC1)C1CC1. The molecule has 90 valence electrons. The summed E-state index contributed by atoms with van der Waals surface area (Å²) in [6.45, 7) is 4.58. The first kappa shape index (κ1) is 11.6. The Balaban J connectivity index is 1.93. The smallest absolute Gasteiger partial charge is 0.246 e. The Morgan fingerprint density at radius 2 is 2.12 bits per heavy atom. The molecule has 0 N–H and O–H groups in total. The van der Waals surface area contributed by atoms with Gasteiger partial charge in [0, 0.05) is 18.7 Å². The van der Waals surface area contributed by atoms with Crippen molar-refractivity contribution in [1.29, 1.82) is 0 Å². The van der Waals surface area contributed by atoms with Gasteiger partial charge in [0.25, 0.3) is 0 Å². The summed E-state index contributed by atoms with van der Waals surface area (Å²) in [6, 6.07) is 0.532. The van der Waals surface area contributed by atoms with E-state index in [9.17, 15) is 4.79 Å². The maximum atomic E-state index is 12.1. The van der Waals surface area contributed by atoms with Crippen LogP contribution in [0.3, 0.4) is 0 Å². The highest BCUT2D eigenvalue weighted by Crippen LogP contribution is 2.27. The second-order valence-corrected chi connectivity index (χ2v) is 4.68. The third kappa shape index (κ3) is 3.08. The zero-order valence-corrected chi connectivity index (χ0v) is 10.1. The molecule has 0 unspecified atom stereocenters. The maximum absolute atomic E-state index is 12.1. The molecule has 0 radical (unpaired) electrons. The van der Waals surface area contributed by atoms with Gasteiger partial charge in [0.05, 0.1) is 13.2 Å². The summed E-state index contributed by atoms with van der Waals surface area (Å²) >= 11 is 0. The Hall–Kier alpha value is -0.830. The molecular weight excluding hydrogens is 202 g/mol. The Morgan fingerprint density at radius 3 is 2.69 bits per heavy atom. The van der Waals surface area contributed by atoms with Crippen molar-refractivity contribution in [2.24, 2.45) is 0 Å². The molecule has 1 aliphatic carbocycles. The van der Waals surface area contributed by atoms with Crippen molar-refractivity contribution in [2.75, 3.05) is 19.8 Å². The number of amides is 1. The van der Waals surface area contributed by atoms with Crippen LogP contribution in [-0.2, 0) is 9.53 Å². The van der Waals surface area contributed by atoms with Gasteiger partial charge < -0.3 is 9.64 Å². The highest BCUT2D eigenvalue weighted by molar-refractivity contribution is 5.88. The molecule has 16 heavy (non-hydrogen) atoms. The molecule has 3 heteroatoms. The average molecular weight is 223 g/mol. The minimum atomic E-state index is 0.223. The van der Waals surface area contributed by atoms with Gasteiger partial charge in [0.1, 0.15) is 0 Å². The molecule has 1 saturated carbocycles. The van der Waals surface area contributed by atoms with Gasteiger partial charge in [-0.1, -0.05) is 12.5 Å². The number of ether oxygens (including phenoxy) is 1. The van der Waals surface area contributed by atoms with Crippen molar-refractivity contribution in [2.45, 2.75) is 45.1 Å². The number of hydrogen-bond donors (Lipinski definition) is 0. The van der Waals surface area contributed by atoms with Gasteiger partial charge in [0.2, 0.25) is 5.91 Å². The molecule has 1 aliphatic heterocycles. The van der Waals surface area contributed by atoms with Gasteiger partial charge in [-0.2, -0.15) is 0 Å². The van der Waals surface area contributed by atoms with Crippen LogP contribution in [0.25, 0.3) is 0 Å². The molecule has 2 fully saturated rings. The second kappa shape index (κ2) is 5.48. The van der Waals surface area contributed by atoms with Crippen LogP contribution in [-0.4, -0.2) is 36.6 Å². The summed E-state index contributed by atoms with van der Waals surface area (Å²) in [5.74, 6) is 0.223. The summed E-state index contributed by atoms with van der Waals surface area (Å²) in [5, 5.41) is 0. The van der Waals surface area contributed by atoms with Crippen molar-refractivity contribution in [3.63, 3.8) is 0 Å². The fraction of sp³-hybridized carbons (Fsp3) is 0.769. The molecule has 2 aliphatic rings. The molecule has 2 rings (SSSR count). The number of rotatable bonds is 4. The predicted octanol–water partition coefficient (Wildman–Crippen LogP) is 2.12. The van der Waals surface area contributed by atoms with E-state index in [2.05, 4.69) is 6.92 Å². The Morgan fingerprint density at radius 1 is 1.44 bits per heavy atom. The van der Waals surface area contributed by atoms with E-state index < -0.39 is 0 Å². The Labute approximate surface area is 97.5 Å². The summed E-state index contributed by atoms with van der Waals surface area (Å²) in [7, 11) is 0. The lowest BCUT2D eigenvalue weighted by Crippen LogP contribution is -2.32. The molecule has 0 spiro atoms. The van der Waals surface area contributed by atoms with Crippen LogP contribution in [0.2, 0.25) is 0 Å². The van der Waals surface area contributed by atoms with E-state index in [1.807, 2.05) is 11.0 Å². The normalized spacial score (nSPS) is 20.7. The van der Waals surface area contributed by atoms with E-state index in [1.165, 1.54) is 18.4 Å². The monoisotopic (exact) mass is 223 g/mol. The van der Waals surface area contributed by atoms with E-state index in [-0.39, 0.29) is 5.91 Å². The lowest BCUT2D eigenvalue weighted by molar-refractivity contribution is -0.126. The van der Waals surface area contributed by atoms with Crippen LogP contribution >= 0.6 is 0 Å². The van der Waals surface area contributed by atoms with Crippen LogP contribution in [0.1, 0.15) is 39.0 Å². The van der Waals surface area contributed by atoms with Gasteiger partial charge in [-0.25, -0.2) is 0 Å². The predicted molar refractivity (Wildman–Crippen MR) is 63.2 cm³/mol. The van der Waals surface area contributed by atoms with E-state index in [0.29, 0.717) is 6.04 Å². The molecule has 0 aromatic carbocycles. The molecule has 0 bridgehead atoms. The Bertz CT molecular complexity index is 274. The van der Waals surface area contributed by atoms with Crippen molar-refractivity contribution in [1.82, 2.24) is 4.90 Å². The van der Waals surface area contributed by atoms with E-state index in [4.69, 9.17) is 4.74 Å². The van der Waals surface area contributed by atoms with Gasteiger partial charge in [-0.3, -0.25) is 4.79 Å². The third-order valence-corrected chi connectivity index (χ3v) is 3.20. The highest BCUT2D eigenvalue weighted by Gasteiger charge is 2.31. The fourth-order valence-electron chi connectivity index (χ4n) is 2.14. The maximum Gasteiger partial charge on any atom is 0.246 e. The number of carbonyl (C=O) groups excluding carboxylic acids is 1. The molecule has 1 heterocycles. The van der Waals surface area contributed by atoms with Crippen molar-refractivity contribution in [3.05, 3.63) is 11.6 Å². The molecular formula is C13H21NO2. The first-order chi connectivity index (χ1) is 7.81. The number of nitrogens with zero attached hydrogens (tertiary/aromatic N) is 1. The summed E-state index contributed by atoms with van der Waals surface area (Å²) in [5.41, 5.74) is 1.26. The Kier molecular flexibility index (Phi) is 3.99. The summed E-state index contributed by atoms with van der Waals surface area (Å²) < 4.78 is 5.28. The summed E-state index contributed by atoms with van der Waals surface area (Å²) in [4.78, 5) is 14.1. The standard InChI is InChI=1S/C13H21NO2/c1-2-7-14(12-3-4-12)13(15)10-11-5-8-16-9-6-11/h10,12H,2-9H2,1H3. The molecule has 1 saturated heterocycles. The van der Waals surface area contributed by atoms with Crippen LogP contribution in [0, 0.1) is 0 Å². The van der Waals surface area contributed by atoms with E-state index >= 15 is 0 Å². The number of hydrogen-bond acceptors (Lipinski definition) is 2. The zero-order chi connectivity index (χ0) is 11.4. The second-order valence-electron chi connectivity index (χ2n) is 4.68. The van der Waals surface area contributed by atoms with Gasteiger partial charge >= 0.3 is 0 Å². The largest absolute Gasteiger partial charge is 0.381 e. The van der Waals surface area contributed by atoms with Crippen molar-refractivity contribution < 1.29 is 9.53 Å². The molecule has 1 amide bonds. The molecule has 3 nitrogen and oxygen atoms in total. The lowest BCUT2D eigenvalue weighted by Gasteiger charge is -2.21. The summed E-state index contributed by atoms with van der Waals surface area (Å²) in [6.07, 6.45) is 7.15. The minimum absolute atomic E-state index is 0.223. The molecule has 0 aromatic heterocycles. The topological polar surface area (TPSA) is 29.5 Å². The third-order valence-electron chi connectivity index (χ3n) is 3.20. The van der Waals surface area contributed by atoms with E-state index in [1.54, 1.807) is 0 Å². The quantitative estimate of drug-likeness (QED) is 0.683. The molecule has 0 atom stereocenters. The van der Waals surface area contributed by atoms with Gasteiger partial charge in [0.15, 0.2) is 0 Å². The van der Waals surface area contributed by atoms with E-state index in [0.717, 1.165) is 39.0 Å². The number of carbonyl (C=O) groups is 1. The van der Waals surface area contributed by atoms with Crippen LogP contribution in [0.5, 0.6) is 0 Å². The average Bonchev–Trinajstić information content (AvgIpc) is 3.11. The van der Waals surface area contributed by atoms with Crippen LogP contribution in [0.4, 0.5) is 0 Å². The first-order valence-electron chi connectivity index (χ1n) is 6.39. The van der Waals surface area contributed by atoms with Crippen LogP contribution < -0.4 is 0 Å².